The molecule has 14 heavy (non-hydrogen) atoms. The number of likely N-dealkylation sites (N-methyl/N-ethyl adjacent to an activating group) is 1. The van der Waals surface area contributed by atoms with Crippen molar-refractivity contribution in [1.29, 1.82) is 0 Å². The standard InChI is InChI=1S/C12H17NO/c1-13-9-12(7-8-12)10-5-3-4-6-11(10)14-2/h3-6,13H,7-9H2,1-2H3. The van der Waals surface area contributed by atoms with Crippen molar-refractivity contribution >= 4 is 0 Å². The first-order valence-corrected chi connectivity index (χ1v) is 5.10. The highest BCUT2D eigenvalue weighted by atomic mass is 16.5. The van der Waals surface area contributed by atoms with Gasteiger partial charge in [0.15, 0.2) is 0 Å². The van der Waals surface area contributed by atoms with Crippen LogP contribution in [0.15, 0.2) is 24.3 Å². The second-order valence-electron chi connectivity index (χ2n) is 4.01. The Hall–Kier alpha value is -1.02. The molecule has 1 aromatic carbocycles. The zero-order valence-corrected chi connectivity index (χ0v) is 8.84. The van der Waals surface area contributed by atoms with Crippen LogP contribution in [0.25, 0.3) is 0 Å². The fraction of sp³-hybridized carbons (Fsp3) is 0.500. The highest BCUT2D eigenvalue weighted by Gasteiger charge is 2.45. The highest BCUT2D eigenvalue weighted by Crippen LogP contribution is 2.50. The fourth-order valence-corrected chi connectivity index (χ4v) is 2.11. The molecule has 0 heterocycles. The van der Waals surface area contributed by atoms with Crippen LogP contribution < -0.4 is 10.1 Å². The Morgan fingerprint density at radius 1 is 1.36 bits per heavy atom. The van der Waals surface area contributed by atoms with E-state index in [0.29, 0.717) is 5.41 Å². The number of ether oxygens (including phenoxy) is 1. The van der Waals surface area contributed by atoms with Gasteiger partial charge in [-0.25, -0.2) is 0 Å². The van der Waals surface area contributed by atoms with E-state index in [2.05, 4.69) is 17.4 Å². The number of benzene rings is 1. The lowest BCUT2D eigenvalue weighted by molar-refractivity contribution is 0.402. The summed E-state index contributed by atoms with van der Waals surface area (Å²) in [6.45, 7) is 1.05. The first kappa shape index (κ1) is 9.53. The molecular formula is C12H17NO. The molecule has 0 saturated heterocycles. The molecular weight excluding hydrogens is 174 g/mol. The van der Waals surface area contributed by atoms with Gasteiger partial charge in [-0.2, -0.15) is 0 Å². The molecule has 1 aliphatic rings. The quantitative estimate of drug-likeness (QED) is 0.785. The number of hydrogen-bond acceptors (Lipinski definition) is 2. The predicted molar refractivity (Wildman–Crippen MR) is 57.8 cm³/mol. The van der Waals surface area contributed by atoms with Crippen LogP contribution in [0.3, 0.4) is 0 Å². The smallest absolute Gasteiger partial charge is 0.122 e. The lowest BCUT2D eigenvalue weighted by Crippen LogP contribution is -2.23. The minimum absolute atomic E-state index is 0.349. The van der Waals surface area contributed by atoms with Crippen LogP contribution in [-0.2, 0) is 5.41 Å². The van der Waals surface area contributed by atoms with Crippen molar-refractivity contribution in [3.8, 4) is 5.75 Å². The van der Waals surface area contributed by atoms with E-state index >= 15 is 0 Å². The van der Waals surface area contributed by atoms with Gasteiger partial charge in [-0.3, -0.25) is 0 Å². The summed E-state index contributed by atoms with van der Waals surface area (Å²) in [5.41, 5.74) is 1.71. The summed E-state index contributed by atoms with van der Waals surface area (Å²) in [6.07, 6.45) is 2.54. The molecule has 0 aliphatic heterocycles. The predicted octanol–water partition coefficient (Wildman–Crippen LogP) is 1.95. The van der Waals surface area contributed by atoms with E-state index in [9.17, 15) is 0 Å². The summed E-state index contributed by atoms with van der Waals surface area (Å²) in [4.78, 5) is 0. The van der Waals surface area contributed by atoms with Crippen LogP contribution in [0.5, 0.6) is 5.75 Å². The molecule has 1 aliphatic carbocycles. The van der Waals surface area contributed by atoms with Gasteiger partial charge in [0, 0.05) is 17.5 Å². The van der Waals surface area contributed by atoms with Crippen LogP contribution >= 0.6 is 0 Å². The fourth-order valence-electron chi connectivity index (χ4n) is 2.11. The molecule has 0 amide bonds. The van der Waals surface area contributed by atoms with Gasteiger partial charge in [0.05, 0.1) is 7.11 Å². The van der Waals surface area contributed by atoms with Gasteiger partial charge in [0.2, 0.25) is 0 Å². The second kappa shape index (κ2) is 3.62. The van der Waals surface area contributed by atoms with Crippen molar-refractivity contribution < 1.29 is 4.74 Å². The molecule has 1 saturated carbocycles. The van der Waals surface area contributed by atoms with Gasteiger partial charge in [0.25, 0.3) is 0 Å². The Kier molecular flexibility index (Phi) is 2.46. The molecule has 76 valence electrons. The first-order chi connectivity index (χ1) is 6.82. The summed E-state index contributed by atoms with van der Waals surface area (Å²) in [6, 6.07) is 8.35. The van der Waals surface area contributed by atoms with Crippen molar-refractivity contribution in [3.63, 3.8) is 0 Å². The Morgan fingerprint density at radius 2 is 2.07 bits per heavy atom. The summed E-state index contributed by atoms with van der Waals surface area (Å²) in [5, 5.41) is 3.26. The maximum absolute atomic E-state index is 5.39. The van der Waals surface area contributed by atoms with E-state index in [1.54, 1.807) is 7.11 Å². The lowest BCUT2D eigenvalue weighted by atomic mass is 9.95. The summed E-state index contributed by atoms with van der Waals surface area (Å²) >= 11 is 0. The Labute approximate surface area is 85.3 Å². The van der Waals surface area contributed by atoms with Crippen molar-refractivity contribution in [2.45, 2.75) is 18.3 Å². The van der Waals surface area contributed by atoms with Gasteiger partial charge >= 0.3 is 0 Å². The molecule has 0 aromatic heterocycles. The zero-order valence-electron chi connectivity index (χ0n) is 8.84. The van der Waals surface area contributed by atoms with E-state index < -0.39 is 0 Å². The van der Waals surface area contributed by atoms with E-state index in [0.717, 1.165) is 12.3 Å². The zero-order chi connectivity index (χ0) is 10.0. The maximum atomic E-state index is 5.39. The third-order valence-electron chi connectivity index (χ3n) is 3.05. The van der Waals surface area contributed by atoms with Crippen LogP contribution in [0.2, 0.25) is 0 Å². The highest BCUT2D eigenvalue weighted by molar-refractivity contribution is 5.43. The van der Waals surface area contributed by atoms with Crippen molar-refractivity contribution in [2.24, 2.45) is 0 Å². The van der Waals surface area contributed by atoms with Crippen molar-refractivity contribution in [2.75, 3.05) is 20.7 Å². The number of rotatable bonds is 4. The molecule has 1 N–H and O–H groups in total. The lowest BCUT2D eigenvalue weighted by Gasteiger charge is -2.18. The van der Waals surface area contributed by atoms with Crippen LogP contribution in [0.4, 0.5) is 0 Å². The molecule has 2 rings (SSSR count). The normalized spacial score (nSPS) is 17.9. The third kappa shape index (κ3) is 1.50. The van der Waals surface area contributed by atoms with Crippen LogP contribution in [0.1, 0.15) is 18.4 Å². The minimum atomic E-state index is 0.349. The minimum Gasteiger partial charge on any atom is -0.496 e. The largest absolute Gasteiger partial charge is 0.496 e. The Balaban J connectivity index is 2.31. The van der Waals surface area contributed by atoms with Crippen molar-refractivity contribution in [1.82, 2.24) is 5.32 Å². The summed E-state index contributed by atoms with van der Waals surface area (Å²) < 4.78 is 5.39. The summed E-state index contributed by atoms with van der Waals surface area (Å²) in [5.74, 6) is 1.03. The molecule has 0 radical (unpaired) electrons. The maximum Gasteiger partial charge on any atom is 0.122 e. The van der Waals surface area contributed by atoms with Crippen LogP contribution in [-0.4, -0.2) is 20.7 Å². The van der Waals surface area contributed by atoms with Gasteiger partial charge in [-0.1, -0.05) is 18.2 Å². The van der Waals surface area contributed by atoms with Gasteiger partial charge in [-0.05, 0) is 26.0 Å². The number of nitrogens with one attached hydrogen (secondary N) is 1. The van der Waals surface area contributed by atoms with E-state index in [-0.39, 0.29) is 0 Å². The van der Waals surface area contributed by atoms with Gasteiger partial charge in [-0.15, -0.1) is 0 Å². The average Bonchev–Trinajstić information content (AvgIpc) is 2.99. The molecule has 0 unspecified atom stereocenters. The molecule has 2 heteroatoms. The Morgan fingerprint density at radius 3 is 2.64 bits per heavy atom. The molecule has 1 fully saturated rings. The molecule has 0 spiro atoms. The van der Waals surface area contributed by atoms with E-state index in [4.69, 9.17) is 4.74 Å². The van der Waals surface area contributed by atoms with Crippen LogP contribution in [0, 0.1) is 0 Å². The molecule has 0 bridgehead atoms. The van der Waals surface area contributed by atoms with E-state index in [1.807, 2.05) is 19.2 Å². The third-order valence-corrected chi connectivity index (χ3v) is 3.05. The van der Waals surface area contributed by atoms with E-state index in [1.165, 1.54) is 18.4 Å². The molecule has 1 aromatic rings. The monoisotopic (exact) mass is 191 g/mol. The number of para-hydroxylation sites is 1. The van der Waals surface area contributed by atoms with Crippen molar-refractivity contribution in [3.05, 3.63) is 29.8 Å². The molecule has 2 nitrogen and oxygen atoms in total. The topological polar surface area (TPSA) is 21.3 Å². The van der Waals surface area contributed by atoms with Gasteiger partial charge < -0.3 is 10.1 Å². The van der Waals surface area contributed by atoms with Gasteiger partial charge in [0.1, 0.15) is 5.75 Å². The SMILES string of the molecule is CNCC1(c2ccccc2OC)CC1. The second-order valence-corrected chi connectivity index (χ2v) is 4.01. The first-order valence-electron chi connectivity index (χ1n) is 5.10. The number of hydrogen-bond donors (Lipinski definition) is 1. The Bertz CT molecular complexity index is 318. The number of methoxy groups -OCH3 is 1. The average molecular weight is 191 g/mol. The molecule has 0 atom stereocenters. The summed E-state index contributed by atoms with van der Waals surface area (Å²) in [7, 11) is 3.75.